The molecule has 61 heavy (non-hydrogen) atoms. The Labute approximate surface area is 364 Å². The molecule has 0 bridgehead atoms. The third-order valence-electron chi connectivity index (χ3n) is 12.7. The zero-order valence-electron chi connectivity index (χ0n) is 38.4. The Kier molecular flexibility index (Phi) is 18.9. The highest BCUT2D eigenvalue weighted by Crippen LogP contribution is 2.36. The summed E-state index contributed by atoms with van der Waals surface area (Å²) < 4.78 is 22.4. The van der Waals surface area contributed by atoms with Crippen molar-refractivity contribution in [1.29, 1.82) is 0 Å². The van der Waals surface area contributed by atoms with Gasteiger partial charge in [-0.05, 0) is 105 Å². The van der Waals surface area contributed by atoms with Gasteiger partial charge in [0, 0.05) is 18.4 Å². The number of nitrogens with one attached hydrogen (secondary N) is 1. The van der Waals surface area contributed by atoms with Crippen LogP contribution in [-0.2, 0) is 19.1 Å². The largest absolute Gasteiger partial charge is 0.481 e. The van der Waals surface area contributed by atoms with E-state index in [-0.39, 0.29) is 48.8 Å². The number of ether oxygens (including phenoxy) is 2. The average molecular weight is 855 g/mol. The first-order chi connectivity index (χ1) is 29.1. The van der Waals surface area contributed by atoms with Crippen LogP contribution < -0.4 is 5.32 Å². The maximum atomic E-state index is 12.9. The molecule has 4 heterocycles. The van der Waals surface area contributed by atoms with Crippen LogP contribution in [0.5, 0.6) is 0 Å². The van der Waals surface area contributed by atoms with E-state index in [4.69, 9.17) is 23.5 Å². The number of amides is 1. The molecule has 4 fully saturated rings. The molecule has 14 nitrogen and oxygen atoms in total. The topological polar surface area (TPSA) is 183 Å². The van der Waals surface area contributed by atoms with Crippen LogP contribution in [0.1, 0.15) is 243 Å². The van der Waals surface area contributed by atoms with Crippen LogP contribution in [0, 0.1) is 11.8 Å². The number of carbonyl (C=O) groups is 3. The summed E-state index contributed by atoms with van der Waals surface area (Å²) >= 11 is 0. The predicted octanol–water partition coefficient (Wildman–Crippen LogP) is 11.3. The average Bonchev–Trinajstić information content (AvgIpc) is 3.92. The van der Waals surface area contributed by atoms with Crippen molar-refractivity contribution >= 4 is 18.0 Å². The molecule has 2 aromatic rings. The zero-order chi connectivity index (χ0) is 43.8. The van der Waals surface area contributed by atoms with Gasteiger partial charge in [-0.15, -0.1) is 0 Å². The minimum absolute atomic E-state index is 0.0738. The molecule has 4 aliphatic rings. The Hall–Kier alpha value is -3.55. The summed E-state index contributed by atoms with van der Waals surface area (Å²) in [6.45, 7) is 12.8. The number of aromatic nitrogens is 4. The van der Waals surface area contributed by atoms with Gasteiger partial charge < -0.3 is 28.9 Å². The number of carboxylic acid groups (broad SMARTS) is 1. The smallest absolute Gasteiger partial charge is 0.410 e. The van der Waals surface area contributed by atoms with Gasteiger partial charge in [-0.25, -0.2) is 4.79 Å². The molecule has 6 rings (SSSR count). The van der Waals surface area contributed by atoms with Gasteiger partial charge in [-0.2, -0.15) is 9.97 Å². The Morgan fingerprint density at radius 2 is 1.21 bits per heavy atom. The zero-order valence-corrected chi connectivity index (χ0v) is 38.4. The van der Waals surface area contributed by atoms with Crippen molar-refractivity contribution in [2.45, 2.75) is 231 Å². The molecule has 2 unspecified atom stereocenters. The molecule has 0 radical (unpaired) electrons. The fourth-order valence-electron chi connectivity index (χ4n) is 9.59. The van der Waals surface area contributed by atoms with E-state index in [1.807, 2.05) is 41.5 Å². The molecule has 1 amide bonds. The second-order valence-electron chi connectivity index (χ2n) is 20.3. The van der Waals surface area contributed by atoms with Crippen molar-refractivity contribution in [1.82, 2.24) is 30.5 Å². The summed E-state index contributed by atoms with van der Waals surface area (Å²) in [4.78, 5) is 47.8. The van der Waals surface area contributed by atoms with Crippen molar-refractivity contribution in [3.8, 4) is 0 Å². The maximum Gasteiger partial charge on any atom is 0.410 e. The van der Waals surface area contributed by atoms with Crippen molar-refractivity contribution in [3.05, 3.63) is 23.4 Å². The Balaban J connectivity index is 0.000000246. The minimum atomic E-state index is -0.793. The number of rotatable bonds is 16. The number of carbonyl (C=O) groups excluding carboxylic acids is 2. The lowest BCUT2D eigenvalue weighted by Gasteiger charge is -2.35. The Bertz CT molecular complexity index is 1610. The van der Waals surface area contributed by atoms with Crippen molar-refractivity contribution in [2.24, 2.45) is 11.8 Å². The van der Waals surface area contributed by atoms with Crippen molar-refractivity contribution in [2.75, 3.05) is 13.1 Å². The van der Waals surface area contributed by atoms with E-state index in [2.05, 4.69) is 20.6 Å². The molecule has 0 aromatic carbocycles. The van der Waals surface area contributed by atoms with Gasteiger partial charge in [0.2, 0.25) is 11.8 Å². The van der Waals surface area contributed by atoms with Crippen LogP contribution in [0.4, 0.5) is 4.79 Å². The highest BCUT2D eigenvalue weighted by molar-refractivity contribution is 5.71. The number of carboxylic acids is 1. The predicted molar refractivity (Wildman–Crippen MR) is 232 cm³/mol. The Morgan fingerprint density at radius 3 is 1.75 bits per heavy atom. The van der Waals surface area contributed by atoms with Crippen LogP contribution >= 0.6 is 0 Å². The molecular formula is C47H78N6O8. The summed E-state index contributed by atoms with van der Waals surface area (Å²) in [6, 6.07) is -0.130. The molecule has 2 aliphatic carbocycles. The van der Waals surface area contributed by atoms with E-state index >= 15 is 0 Å². The summed E-state index contributed by atoms with van der Waals surface area (Å²) in [7, 11) is 0. The number of likely N-dealkylation sites (tertiary alicyclic amines) is 1. The van der Waals surface area contributed by atoms with E-state index in [0.29, 0.717) is 30.0 Å². The molecule has 2 saturated heterocycles. The highest BCUT2D eigenvalue weighted by Gasteiger charge is 2.36. The molecule has 0 spiro atoms. The molecule has 2 aliphatic heterocycles. The Morgan fingerprint density at radius 1 is 0.689 bits per heavy atom. The fraction of sp³-hybridized carbons (Fsp3) is 0.851. The number of esters is 1. The van der Waals surface area contributed by atoms with Crippen molar-refractivity contribution < 1.29 is 38.0 Å². The van der Waals surface area contributed by atoms with E-state index in [1.165, 1.54) is 89.9 Å². The van der Waals surface area contributed by atoms with Crippen LogP contribution in [0.3, 0.4) is 0 Å². The van der Waals surface area contributed by atoms with Gasteiger partial charge in [0.1, 0.15) is 11.2 Å². The molecule has 2 saturated carbocycles. The van der Waals surface area contributed by atoms with Crippen LogP contribution in [0.25, 0.3) is 0 Å². The SMILES string of the molecule is CC(C)(C)OC(=O)C[C@@H](CCCC1CCCCC1)c1nc(C2CCCCN2C(=O)OC(C)(C)C)no1.O=C(O)C[C@@H](CCCC1CCCCC1)c1nc(C2CCCCN2)no1. The lowest BCUT2D eigenvalue weighted by molar-refractivity contribution is -0.155. The van der Waals surface area contributed by atoms with Gasteiger partial charge in [-0.3, -0.25) is 14.5 Å². The monoisotopic (exact) mass is 855 g/mol. The summed E-state index contributed by atoms with van der Waals surface area (Å²) in [6.07, 6.45) is 25.4. The first-order valence-corrected chi connectivity index (χ1v) is 24.0. The summed E-state index contributed by atoms with van der Waals surface area (Å²) in [5.41, 5.74) is -1.11. The molecule has 344 valence electrons. The minimum Gasteiger partial charge on any atom is -0.481 e. The molecule has 4 atom stereocenters. The van der Waals surface area contributed by atoms with E-state index in [1.54, 1.807) is 4.90 Å². The first kappa shape index (κ1) is 48.5. The molecule has 2 aromatic heterocycles. The van der Waals surface area contributed by atoms with Gasteiger partial charge in [0.05, 0.1) is 24.9 Å². The number of aliphatic carboxylic acids is 1. The van der Waals surface area contributed by atoms with Gasteiger partial charge >= 0.3 is 18.0 Å². The molecule has 14 heteroatoms. The van der Waals surface area contributed by atoms with E-state index < -0.39 is 17.2 Å². The highest BCUT2D eigenvalue weighted by atomic mass is 16.6. The second kappa shape index (κ2) is 23.8. The van der Waals surface area contributed by atoms with Crippen LogP contribution in [-0.4, -0.2) is 72.6 Å². The third-order valence-corrected chi connectivity index (χ3v) is 12.7. The molecule has 2 N–H and O–H groups in total. The van der Waals surface area contributed by atoms with Gasteiger partial charge in [0.25, 0.3) is 0 Å². The normalized spacial score (nSPS) is 21.8. The third kappa shape index (κ3) is 16.9. The van der Waals surface area contributed by atoms with Crippen LogP contribution in [0.15, 0.2) is 9.05 Å². The quantitative estimate of drug-likeness (QED) is 0.152. The van der Waals surface area contributed by atoms with Gasteiger partial charge in [-0.1, -0.05) is 107 Å². The summed E-state index contributed by atoms with van der Waals surface area (Å²) in [5.74, 6) is 2.37. The van der Waals surface area contributed by atoms with E-state index in [0.717, 1.165) is 69.7 Å². The number of hydrogen-bond donors (Lipinski definition) is 2. The first-order valence-electron chi connectivity index (χ1n) is 24.0. The lowest BCUT2D eigenvalue weighted by atomic mass is 9.84. The number of nitrogens with zero attached hydrogens (tertiary/aromatic N) is 5. The second-order valence-corrected chi connectivity index (χ2v) is 20.3. The lowest BCUT2D eigenvalue weighted by Crippen LogP contribution is -2.42. The number of piperidine rings is 2. The van der Waals surface area contributed by atoms with Crippen molar-refractivity contribution in [3.63, 3.8) is 0 Å². The standard InChI is InChI=1S/C28H47N3O5.C19H31N3O3/c1-27(2,3)34-23(32)19-21(16-12-15-20-13-8-7-9-14-20)25-29-24(30-36-25)22-17-10-11-18-31(22)26(33)35-28(4,5)6;23-17(24)13-15(10-6-9-14-7-2-1-3-8-14)19-21-18(22-25-19)16-11-4-5-12-20-16/h20-22H,7-19H2,1-6H3;14-16,20H,1-13H2,(H,23,24)/t21-,22?;15-,16?/m11/s1. The van der Waals surface area contributed by atoms with E-state index in [9.17, 15) is 19.5 Å². The fourth-order valence-corrected chi connectivity index (χ4v) is 9.59. The van der Waals surface area contributed by atoms with Gasteiger partial charge in [0.15, 0.2) is 11.6 Å². The number of hydrogen-bond acceptors (Lipinski definition) is 12. The van der Waals surface area contributed by atoms with Crippen LogP contribution in [0.2, 0.25) is 0 Å². The summed E-state index contributed by atoms with van der Waals surface area (Å²) in [5, 5.41) is 21.1. The maximum absolute atomic E-state index is 12.9. The molecular weight excluding hydrogens is 777 g/mol.